The SMILES string of the molecule is C[C@H]1CC[C@H](N2CCN(Cc3ccccc3)CC2)C1. The smallest absolute Gasteiger partial charge is 0.0234 e. The normalized spacial score (nSPS) is 29.7. The molecule has 1 saturated heterocycles. The van der Waals surface area contributed by atoms with E-state index in [-0.39, 0.29) is 0 Å². The Morgan fingerprint density at radius 2 is 1.74 bits per heavy atom. The monoisotopic (exact) mass is 258 g/mol. The van der Waals surface area contributed by atoms with Crippen molar-refractivity contribution in [2.75, 3.05) is 26.2 Å². The lowest BCUT2D eigenvalue weighted by atomic mass is 10.1. The third-order valence-electron chi connectivity index (χ3n) is 4.84. The molecule has 1 heterocycles. The van der Waals surface area contributed by atoms with Crippen LogP contribution in [0.1, 0.15) is 31.7 Å². The summed E-state index contributed by atoms with van der Waals surface area (Å²) in [4.78, 5) is 5.34. The van der Waals surface area contributed by atoms with Gasteiger partial charge in [0.1, 0.15) is 0 Å². The molecule has 0 amide bonds. The van der Waals surface area contributed by atoms with Crippen LogP contribution in [0, 0.1) is 5.92 Å². The van der Waals surface area contributed by atoms with Crippen LogP contribution in [0.25, 0.3) is 0 Å². The van der Waals surface area contributed by atoms with E-state index in [1.54, 1.807) is 0 Å². The van der Waals surface area contributed by atoms with Crippen molar-refractivity contribution in [2.45, 2.75) is 38.8 Å². The van der Waals surface area contributed by atoms with Gasteiger partial charge in [0.15, 0.2) is 0 Å². The van der Waals surface area contributed by atoms with Crippen molar-refractivity contribution in [2.24, 2.45) is 5.92 Å². The first-order chi connectivity index (χ1) is 9.31. The zero-order valence-corrected chi connectivity index (χ0v) is 12.1. The van der Waals surface area contributed by atoms with E-state index in [1.165, 1.54) is 51.0 Å². The van der Waals surface area contributed by atoms with Gasteiger partial charge in [-0.2, -0.15) is 0 Å². The summed E-state index contributed by atoms with van der Waals surface area (Å²) in [5, 5.41) is 0. The van der Waals surface area contributed by atoms with Crippen LogP contribution in [-0.2, 0) is 6.54 Å². The van der Waals surface area contributed by atoms with Crippen LogP contribution in [0.4, 0.5) is 0 Å². The molecule has 1 aliphatic heterocycles. The summed E-state index contributed by atoms with van der Waals surface area (Å²) in [6, 6.07) is 11.8. The van der Waals surface area contributed by atoms with E-state index in [9.17, 15) is 0 Å². The third-order valence-corrected chi connectivity index (χ3v) is 4.84. The fraction of sp³-hybridized carbons (Fsp3) is 0.647. The van der Waals surface area contributed by atoms with E-state index >= 15 is 0 Å². The summed E-state index contributed by atoms with van der Waals surface area (Å²) in [5.74, 6) is 0.951. The first-order valence-electron chi connectivity index (χ1n) is 7.81. The lowest BCUT2D eigenvalue weighted by molar-refractivity contribution is 0.0924. The molecule has 2 heteroatoms. The molecule has 3 rings (SSSR count). The molecule has 1 aromatic rings. The second-order valence-corrected chi connectivity index (χ2v) is 6.37. The van der Waals surface area contributed by atoms with Crippen LogP contribution in [-0.4, -0.2) is 42.0 Å². The summed E-state index contributed by atoms with van der Waals surface area (Å²) in [6.45, 7) is 8.54. The molecule has 2 aliphatic rings. The number of hydrogen-bond acceptors (Lipinski definition) is 2. The molecule has 104 valence electrons. The summed E-state index contributed by atoms with van der Waals surface area (Å²) in [6.07, 6.45) is 4.30. The van der Waals surface area contributed by atoms with Crippen LogP contribution in [0.2, 0.25) is 0 Å². The molecule has 0 radical (unpaired) electrons. The summed E-state index contributed by atoms with van der Waals surface area (Å²) < 4.78 is 0. The number of piperazine rings is 1. The predicted molar refractivity (Wildman–Crippen MR) is 80.1 cm³/mol. The fourth-order valence-corrected chi connectivity index (χ4v) is 3.64. The molecule has 0 bridgehead atoms. The summed E-state index contributed by atoms with van der Waals surface area (Å²) in [5.41, 5.74) is 1.45. The van der Waals surface area contributed by atoms with Crippen LogP contribution >= 0.6 is 0 Å². The van der Waals surface area contributed by atoms with E-state index in [0.717, 1.165) is 18.5 Å². The predicted octanol–water partition coefficient (Wildman–Crippen LogP) is 2.99. The van der Waals surface area contributed by atoms with E-state index in [1.807, 2.05) is 0 Å². The highest BCUT2D eigenvalue weighted by Crippen LogP contribution is 2.29. The van der Waals surface area contributed by atoms with Gasteiger partial charge in [-0.05, 0) is 30.7 Å². The Bertz CT molecular complexity index is 382. The maximum absolute atomic E-state index is 2.74. The number of nitrogens with zero attached hydrogens (tertiary/aromatic N) is 2. The maximum atomic E-state index is 2.74. The Morgan fingerprint density at radius 3 is 2.37 bits per heavy atom. The van der Waals surface area contributed by atoms with E-state index in [2.05, 4.69) is 47.1 Å². The molecule has 0 unspecified atom stereocenters. The zero-order valence-electron chi connectivity index (χ0n) is 12.1. The minimum Gasteiger partial charge on any atom is -0.298 e. The topological polar surface area (TPSA) is 6.48 Å². The van der Waals surface area contributed by atoms with Crippen molar-refractivity contribution in [3.63, 3.8) is 0 Å². The van der Waals surface area contributed by atoms with Crippen molar-refractivity contribution in [1.82, 2.24) is 9.80 Å². The molecule has 2 nitrogen and oxygen atoms in total. The molecule has 2 fully saturated rings. The fourth-order valence-electron chi connectivity index (χ4n) is 3.64. The molecule has 0 aromatic heterocycles. The molecule has 1 aromatic carbocycles. The molecule has 1 saturated carbocycles. The van der Waals surface area contributed by atoms with Gasteiger partial charge in [0.2, 0.25) is 0 Å². The standard InChI is InChI=1S/C17H26N2/c1-15-7-8-17(13-15)19-11-9-18(10-12-19)14-16-5-3-2-4-6-16/h2-6,15,17H,7-14H2,1H3/t15-,17-/m0/s1. The van der Waals surface area contributed by atoms with Crippen LogP contribution in [0.5, 0.6) is 0 Å². The minimum atomic E-state index is 0.883. The van der Waals surface area contributed by atoms with Crippen molar-refractivity contribution < 1.29 is 0 Å². The van der Waals surface area contributed by atoms with Crippen LogP contribution in [0.3, 0.4) is 0 Å². The highest BCUT2D eigenvalue weighted by Gasteiger charge is 2.29. The van der Waals surface area contributed by atoms with Gasteiger partial charge in [-0.3, -0.25) is 9.80 Å². The van der Waals surface area contributed by atoms with Gasteiger partial charge in [-0.25, -0.2) is 0 Å². The Morgan fingerprint density at radius 1 is 1.00 bits per heavy atom. The zero-order chi connectivity index (χ0) is 13.1. The number of benzene rings is 1. The lowest BCUT2D eigenvalue weighted by Crippen LogP contribution is -2.49. The minimum absolute atomic E-state index is 0.883. The van der Waals surface area contributed by atoms with Crippen molar-refractivity contribution in [3.8, 4) is 0 Å². The van der Waals surface area contributed by atoms with Crippen LogP contribution in [0.15, 0.2) is 30.3 Å². The molecular formula is C17H26N2. The molecule has 2 atom stereocenters. The first kappa shape index (κ1) is 13.1. The lowest BCUT2D eigenvalue weighted by Gasteiger charge is -2.38. The largest absolute Gasteiger partial charge is 0.298 e. The number of rotatable bonds is 3. The average molecular weight is 258 g/mol. The first-order valence-corrected chi connectivity index (χ1v) is 7.81. The quantitative estimate of drug-likeness (QED) is 0.822. The summed E-state index contributed by atoms with van der Waals surface area (Å²) in [7, 11) is 0. The Balaban J connectivity index is 1.47. The second kappa shape index (κ2) is 6.06. The van der Waals surface area contributed by atoms with Crippen molar-refractivity contribution in [1.29, 1.82) is 0 Å². The highest BCUT2D eigenvalue weighted by atomic mass is 15.3. The van der Waals surface area contributed by atoms with Gasteiger partial charge in [0.25, 0.3) is 0 Å². The molecule has 0 spiro atoms. The Kier molecular flexibility index (Phi) is 4.19. The van der Waals surface area contributed by atoms with Gasteiger partial charge < -0.3 is 0 Å². The van der Waals surface area contributed by atoms with Gasteiger partial charge in [0.05, 0.1) is 0 Å². The maximum Gasteiger partial charge on any atom is 0.0234 e. The van der Waals surface area contributed by atoms with E-state index in [0.29, 0.717) is 0 Å². The van der Waals surface area contributed by atoms with Gasteiger partial charge in [-0.1, -0.05) is 37.3 Å². The Hall–Kier alpha value is -0.860. The summed E-state index contributed by atoms with van der Waals surface area (Å²) >= 11 is 0. The van der Waals surface area contributed by atoms with Crippen LogP contribution < -0.4 is 0 Å². The molecular weight excluding hydrogens is 232 g/mol. The Labute approximate surface area is 117 Å². The van der Waals surface area contributed by atoms with Crippen molar-refractivity contribution in [3.05, 3.63) is 35.9 Å². The van der Waals surface area contributed by atoms with E-state index in [4.69, 9.17) is 0 Å². The molecule has 1 aliphatic carbocycles. The molecule has 19 heavy (non-hydrogen) atoms. The number of hydrogen-bond donors (Lipinski definition) is 0. The van der Waals surface area contributed by atoms with Crippen molar-refractivity contribution >= 4 is 0 Å². The van der Waals surface area contributed by atoms with Gasteiger partial charge >= 0.3 is 0 Å². The highest BCUT2D eigenvalue weighted by molar-refractivity contribution is 5.14. The van der Waals surface area contributed by atoms with Gasteiger partial charge in [-0.15, -0.1) is 0 Å². The van der Waals surface area contributed by atoms with E-state index < -0.39 is 0 Å². The third kappa shape index (κ3) is 3.37. The molecule has 0 N–H and O–H groups in total. The average Bonchev–Trinajstić information content (AvgIpc) is 2.87. The van der Waals surface area contributed by atoms with Gasteiger partial charge in [0, 0.05) is 38.8 Å². The second-order valence-electron chi connectivity index (χ2n) is 6.37.